The molecule has 0 spiro atoms. The number of rotatable bonds is 5. The normalized spacial score (nSPS) is 22.4. The Labute approximate surface area is 199 Å². The number of halogens is 1. The molecule has 12 heteroatoms. The molecular formula is C22H34FN3O7S. The molecule has 0 aromatic heterocycles. The zero-order valence-corrected chi connectivity index (χ0v) is 21.0. The highest BCUT2D eigenvalue weighted by molar-refractivity contribution is 7.92. The summed E-state index contributed by atoms with van der Waals surface area (Å²) in [4.78, 5) is 36.1. The maximum atomic E-state index is 13.0. The largest absolute Gasteiger partial charge is 0.481 e. The van der Waals surface area contributed by atoms with Gasteiger partial charge in [0, 0.05) is 45.4 Å². The number of sulfone groups is 1. The summed E-state index contributed by atoms with van der Waals surface area (Å²) in [7, 11) is 2.47. The second-order valence-corrected chi connectivity index (χ2v) is 11.0. The molecule has 0 saturated carbocycles. The quantitative estimate of drug-likeness (QED) is 0.593. The molecule has 0 bridgehead atoms. The molecule has 3 atom stereocenters. The van der Waals surface area contributed by atoms with Gasteiger partial charge < -0.3 is 20.0 Å². The summed E-state index contributed by atoms with van der Waals surface area (Å²) in [5.41, 5.74) is 0.926. The van der Waals surface area contributed by atoms with Gasteiger partial charge in [-0.15, -0.1) is 0 Å². The van der Waals surface area contributed by atoms with E-state index in [0.29, 0.717) is 19.6 Å². The van der Waals surface area contributed by atoms with E-state index in [4.69, 9.17) is 19.8 Å². The number of hydrogen-bond acceptors (Lipinski definition) is 7. The maximum absolute atomic E-state index is 13.0. The predicted octanol–water partition coefficient (Wildman–Crippen LogP) is 0.625. The standard InChI is InChI=1S/C18H26FN3O3S.2C2H4O2/c1-20(2)16-12-26(24,25)17-10-22(9-15(16)17)18(23)11-21(3)8-13-4-6-14(19)7-5-13;2*1-2(3)4/h4-7,15-17H,8-12H2,1-3H3;2*1H3,(H,3,4)/t15-,16+,17-;;/m0../s1. The lowest BCUT2D eigenvalue weighted by Gasteiger charge is -2.26. The van der Waals surface area contributed by atoms with Crippen molar-refractivity contribution in [3.05, 3.63) is 35.6 Å². The third-order valence-electron chi connectivity index (χ3n) is 5.45. The number of carbonyl (C=O) groups excluding carboxylic acids is 1. The van der Waals surface area contributed by atoms with Crippen molar-refractivity contribution in [3.63, 3.8) is 0 Å². The molecule has 34 heavy (non-hydrogen) atoms. The number of carboxylic acids is 2. The van der Waals surface area contributed by atoms with Crippen LogP contribution in [0.4, 0.5) is 4.39 Å². The highest BCUT2D eigenvalue weighted by Crippen LogP contribution is 2.35. The molecule has 1 aromatic carbocycles. The fourth-order valence-corrected chi connectivity index (χ4v) is 6.53. The summed E-state index contributed by atoms with van der Waals surface area (Å²) >= 11 is 0. The fraction of sp³-hybridized carbons (Fsp3) is 0.591. The van der Waals surface area contributed by atoms with Crippen LogP contribution >= 0.6 is 0 Å². The van der Waals surface area contributed by atoms with Crippen molar-refractivity contribution >= 4 is 27.7 Å². The Hall–Kier alpha value is -2.57. The molecule has 2 fully saturated rings. The first-order valence-electron chi connectivity index (χ1n) is 10.6. The number of nitrogens with zero attached hydrogens (tertiary/aromatic N) is 3. The molecule has 2 aliphatic heterocycles. The van der Waals surface area contributed by atoms with Crippen LogP contribution in [0.15, 0.2) is 24.3 Å². The summed E-state index contributed by atoms with van der Waals surface area (Å²) in [5.74, 6) is -1.84. The van der Waals surface area contributed by atoms with Gasteiger partial charge in [0.15, 0.2) is 9.84 Å². The summed E-state index contributed by atoms with van der Waals surface area (Å²) in [6.45, 7) is 3.70. The first-order chi connectivity index (χ1) is 15.6. The second kappa shape index (κ2) is 12.8. The lowest BCUT2D eigenvalue weighted by molar-refractivity contribution is -0.135. The SMILES string of the molecule is CC(=O)O.CC(=O)O.CN(CC(=O)N1C[C@H]2[C@H](N(C)C)CS(=O)(=O)[C@H]2C1)Cc1ccc(F)cc1. The van der Waals surface area contributed by atoms with Crippen molar-refractivity contribution in [1.82, 2.24) is 14.7 Å². The van der Waals surface area contributed by atoms with E-state index in [0.717, 1.165) is 19.4 Å². The van der Waals surface area contributed by atoms with Crippen LogP contribution in [-0.2, 0) is 30.8 Å². The average molecular weight is 504 g/mol. The Morgan fingerprint density at radius 2 is 1.53 bits per heavy atom. The van der Waals surface area contributed by atoms with Gasteiger partial charge in [-0.25, -0.2) is 12.8 Å². The number of amides is 1. The number of fused-ring (bicyclic) bond motifs is 1. The van der Waals surface area contributed by atoms with Gasteiger partial charge in [-0.1, -0.05) is 12.1 Å². The van der Waals surface area contributed by atoms with Gasteiger partial charge in [0.25, 0.3) is 11.9 Å². The first kappa shape index (κ1) is 29.5. The van der Waals surface area contributed by atoms with Crippen molar-refractivity contribution in [2.24, 2.45) is 5.92 Å². The Morgan fingerprint density at radius 3 is 2.00 bits per heavy atom. The monoisotopic (exact) mass is 503 g/mol. The van der Waals surface area contributed by atoms with Gasteiger partial charge in [0.1, 0.15) is 5.82 Å². The van der Waals surface area contributed by atoms with E-state index >= 15 is 0 Å². The van der Waals surface area contributed by atoms with E-state index in [-0.39, 0.29) is 36.0 Å². The lowest BCUT2D eigenvalue weighted by atomic mass is 10.00. The number of likely N-dealkylation sites (tertiary alicyclic amines) is 1. The Bertz CT molecular complexity index is 934. The van der Waals surface area contributed by atoms with E-state index in [2.05, 4.69) is 0 Å². The topological polar surface area (TPSA) is 136 Å². The first-order valence-corrected chi connectivity index (χ1v) is 12.3. The van der Waals surface area contributed by atoms with E-state index in [1.54, 1.807) is 17.0 Å². The van der Waals surface area contributed by atoms with E-state index in [1.807, 2.05) is 30.9 Å². The van der Waals surface area contributed by atoms with Gasteiger partial charge in [0.05, 0.1) is 17.5 Å². The Kier molecular flexibility index (Phi) is 11.1. The minimum Gasteiger partial charge on any atom is -0.481 e. The van der Waals surface area contributed by atoms with Crippen molar-refractivity contribution in [2.45, 2.75) is 31.7 Å². The lowest BCUT2D eigenvalue weighted by Crippen LogP contribution is -2.41. The smallest absolute Gasteiger partial charge is 0.300 e. The Morgan fingerprint density at radius 1 is 1.03 bits per heavy atom. The Balaban J connectivity index is 0.000000629. The molecule has 192 valence electrons. The predicted molar refractivity (Wildman–Crippen MR) is 124 cm³/mol. The van der Waals surface area contributed by atoms with E-state index < -0.39 is 27.0 Å². The van der Waals surface area contributed by atoms with Crippen LogP contribution < -0.4 is 0 Å². The molecule has 10 nitrogen and oxygen atoms in total. The highest BCUT2D eigenvalue weighted by atomic mass is 32.2. The summed E-state index contributed by atoms with van der Waals surface area (Å²) in [6.07, 6.45) is 0. The van der Waals surface area contributed by atoms with E-state index in [1.165, 1.54) is 12.1 Å². The third-order valence-corrected chi connectivity index (χ3v) is 7.68. The molecule has 3 rings (SSSR count). The average Bonchev–Trinajstić information content (AvgIpc) is 3.22. The fourth-order valence-electron chi connectivity index (χ4n) is 4.06. The molecule has 2 saturated heterocycles. The molecule has 2 aliphatic rings. The van der Waals surface area contributed by atoms with Gasteiger partial charge in [0.2, 0.25) is 5.91 Å². The van der Waals surface area contributed by atoms with Crippen LogP contribution in [0, 0.1) is 11.7 Å². The molecular weight excluding hydrogens is 469 g/mol. The molecule has 2 heterocycles. The number of aliphatic carboxylic acids is 2. The zero-order valence-electron chi connectivity index (χ0n) is 20.1. The highest BCUT2D eigenvalue weighted by Gasteiger charge is 2.53. The van der Waals surface area contributed by atoms with Crippen molar-refractivity contribution in [2.75, 3.05) is 46.5 Å². The van der Waals surface area contributed by atoms with Crippen molar-refractivity contribution in [3.8, 4) is 0 Å². The van der Waals surface area contributed by atoms with Crippen molar-refractivity contribution < 1.29 is 37.4 Å². The molecule has 0 unspecified atom stereocenters. The maximum Gasteiger partial charge on any atom is 0.300 e. The van der Waals surface area contributed by atoms with E-state index in [9.17, 15) is 17.6 Å². The van der Waals surface area contributed by atoms with Crippen molar-refractivity contribution in [1.29, 1.82) is 0 Å². The van der Waals surface area contributed by atoms with Gasteiger partial charge in [-0.2, -0.15) is 0 Å². The number of hydrogen-bond donors (Lipinski definition) is 2. The summed E-state index contributed by atoms with van der Waals surface area (Å²) < 4.78 is 37.8. The minimum absolute atomic E-state index is 0.0126. The zero-order chi connectivity index (χ0) is 26.2. The number of likely N-dealkylation sites (N-methyl/N-ethyl adjacent to an activating group) is 1. The minimum atomic E-state index is -3.15. The summed E-state index contributed by atoms with van der Waals surface area (Å²) in [6, 6.07) is 6.17. The molecule has 1 amide bonds. The summed E-state index contributed by atoms with van der Waals surface area (Å²) in [5, 5.41) is 14.4. The van der Waals surface area contributed by atoms with Gasteiger partial charge in [-0.05, 0) is 38.8 Å². The van der Waals surface area contributed by atoms with Gasteiger partial charge in [-0.3, -0.25) is 19.3 Å². The van der Waals surface area contributed by atoms with Crippen LogP contribution in [-0.4, -0.2) is 109 Å². The van der Waals surface area contributed by atoms with Crippen LogP contribution in [0.2, 0.25) is 0 Å². The molecule has 0 aliphatic carbocycles. The number of carboxylic acid groups (broad SMARTS) is 2. The molecule has 0 radical (unpaired) electrons. The third kappa shape index (κ3) is 9.35. The number of benzene rings is 1. The van der Waals surface area contributed by atoms with Crippen LogP contribution in [0.5, 0.6) is 0 Å². The second-order valence-electron chi connectivity index (χ2n) is 8.70. The van der Waals surface area contributed by atoms with Gasteiger partial charge >= 0.3 is 0 Å². The van der Waals surface area contributed by atoms with Crippen LogP contribution in [0.1, 0.15) is 19.4 Å². The van der Waals surface area contributed by atoms with Crippen LogP contribution in [0.25, 0.3) is 0 Å². The number of carbonyl (C=O) groups is 3. The van der Waals surface area contributed by atoms with Crippen LogP contribution in [0.3, 0.4) is 0 Å². The molecule has 2 N–H and O–H groups in total. The molecule has 1 aromatic rings.